The number of ether oxygens (including phenoxy) is 3. The number of allylic oxidation sites excluding steroid dienone is 1. The van der Waals surface area contributed by atoms with Gasteiger partial charge >= 0.3 is 5.97 Å². The maximum atomic E-state index is 12.5. The summed E-state index contributed by atoms with van der Waals surface area (Å²) in [5.74, 6) is 0.270. The van der Waals surface area contributed by atoms with E-state index in [0.29, 0.717) is 22.6 Å². The first-order valence-electron chi connectivity index (χ1n) is 7.42. The van der Waals surface area contributed by atoms with Gasteiger partial charge in [0.05, 0.1) is 5.56 Å². The van der Waals surface area contributed by atoms with Crippen LogP contribution in [0.15, 0.2) is 48.2 Å². The van der Waals surface area contributed by atoms with Crippen LogP contribution in [0.5, 0.6) is 11.5 Å². The van der Waals surface area contributed by atoms with Gasteiger partial charge in [0.2, 0.25) is 5.78 Å². The van der Waals surface area contributed by atoms with E-state index in [0.717, 1.165) is 5.56 Å². The van der Waals surface area contributed by atoms with E-state index in [-0.39, 0.29) is 18.1 Å². The first-order valence-corrected chi connectivity index (χ1v) is 7.42. The number of methoxy groups -OCH3 is 1. The van der Waals surface area contributed by atoms with Crippen LogP contribution >= 0.6 is 0 Å². The molecular formula is C19H16O5. The highest BCUT2D eigenvalue weighted by Gasteiger charge is 2.30. The monoisotopic (exact) mass is 324 g/mol. The highest BCUT2D eigenvalue weighted by atomic mass is 16.6. The quantitative estimate of drug-likeness (QED) is 0.491. The zero-order valence-electron chi connectivity index (χ0n) is 13.4. The molecule has 0 spiro atoms. The van der Waals surface area contributed by atoms with Crippen molar-refractivity contribution >= 4 is 17.8 Å². The fourth-order valence-corrected chi connectivity index (χ4v) is 2.52. The van der Waals surface area contributed by atoms with Crippen molar-refractivity contribution < 1.29 is 23.8 Å². The molecule has 5 nitrogen and oxygen atoms in total. The summed E-state index contributed by atoms with van der Waals surface area (Å²) < 4.78 is 15.6. The molecule has 0 amide bonds. The Hall–Kier alpha value is -2.92. The summed E-state index contributed by atoms with van der Waals surface area (Å²) in [5, 5.41) is 0. The molecule has 1 heterocycles. The molecule has 0 radical (unpaired) electrons. The van der Waals surface area contributed by atoms with E-state index in [1.807, 2.05) is 30.3 Å². The van der Waals surface area contributed by atoms with Gasteiger partial charge in [0.1, 0.15) is 18.1 Å². The van der Waals surface area contributed by atoms with Crippen LogP contribution in [0.4, 0.5) is 0 Å². The maximum absolute atomic E-state index is 12.5. The van der Waals surface area contributed by atoms with Gasteiger partial charge in [0, 0.05) is 13.2 Å². The molecule has 2 aromatic carbocycles. The number of carbonyl (C=O) groups is 2. The molecule has 0 unspecified atom stereocenters. The van der Waals surface area contributed by atoms with Crippen LogP contribution in [-0.2, 0) is 9.53 Å². The molecule has 2 aromatic rings. The van der Waals surface area contributed by atoms with Gasteiger partial charge in [-0.15, -0.1) is 0 Å². The fraction of sp³-hybridized carbons (Fsp3) is 0.158. The second-order valence-corrected chi connectivity index (χ2v) is 5.37. The summed E-state index contributed by atoms with van der Waals surface area (Å²) in [4.78, 5) is 24.1. The number of hydrogen-bond donors (Lipinski definition) is 0. The zero-order chi connectivity index (χ0) is 17.1. The molecule has 5 heteroatoms. The zero-order valence-corrected chi connectivity index (χ0v) is 13.4. The van der Waals surface area contributed by atoms with Crippen LogP contribution in [0.3, 0.4) is 0 Å². The molecule has 0 fully saturated rings. The number of fused-ring (bicyclic) bond motifs is 1. The van der Waals surface area contributed by atoms with E-state index in [2.05, 4.69) is 0 Å². The topological polar surface area (TPSA) is 61.8 Å². The Labute approximate surface area is 139 Å². The standard InChI is InChI=1S/C19H16O5/c1-12-8-14(23-17(20)11-22-2)10-15-18(12)19(21)16(24-15)9-13-6-4-3-5-7-13/h3-10H,11H2,1-2H3/b16-9-. The number of esters is 1. The van der Waals surface area contributed by atoms with Gasteiger partial charge < -0.3 is 14.2 Å². The van der Waals surface area contributed by atoms with Crippen LogP contribution in [0.25, 0.3) is 6.08 Å². The van der Waals surface area contributed by atoms with Crippen LogP contribution in [0.2, 0.25) is 0 Å². The normalized spacial score (nSPS) is 14.4. The summed E-state index contributed by atoms with van der Waals surface area (Å²) in [6.07, 6.45) is 1.69. The Bertz CT molecular complexity index is 821. The Balaban J connectivity index is 1.90. The molecular weight excluding hydrogens is 308 g/mol. The van der Waals surface area contributed by atoms with Gasteiger partial charge in [-0.1, -0.05) is 30.3 Å². The van der Waals surface area contributed by atoms with Crippen molar-refractivity contribution in [2.75, 3.05) is 13.7 Å². The van der Waals surface area contributed by atoms with Crippen LogP contribution in [0, 0.1) is 6.92 Å². The predicted molar refractivity (Wildman–Crippen MR) is 88.1 cm³/mol. The van der Waals surface area contributed by atoms with Gasteiger partial charge in [-0.25, -0.2) is 4.79 Å². The van der Waals surface area contributed by atoms with Crippen molar-refractivity contribution in [2.45, 2.75) is 6.92 Å². The molecule has 0 bridgehead atoms. The van der Waals surface area contributed by atoms with E-state index in [4.69, 9.17) is 14.2 Å². The minimum Gasteiger partial charge on any atom is -0.452 e. The third kappa shape index (κ3) is 3.21. The molecule has 1 aliphatic heterocycles. The lowest BCUT2D eigenvalue weighted by atomic mass is 10.0. The Morgan fingerprint density at radius 2 is 1.96 bits per heavy atom. The molecule has 0 N–H and O–H groups in total. The van der Waals surface area contributed by atoms with Gasteiger partial charge in [0.15, 0.2) is 5.76 Å². The van der Waals surface area contributed by atoms with Gasteiger partial charge in [0.25, 0.3) is 0 Å². The molecule has 24 heavy (non-hydrogen) atoms. The average Bonchev–Trinajstić information content (AvgIpc) is 2.85. The molecule has 0 aliphatic carbocycles. The summed E-state index contributed by atoms with van der Waals surface area (Å²) >= 11 is 0. The van der Waals surface area contributed by atoms with Gasteiger partial charge in [-0.05, 0) is 30.2 Å². The van der Waals surface area contributed by atoms with E-state index >= 15 is 0 Å². The highest BCUT2D eigenvalue weighted by molar-refractivity contribution is 6.15. The van der Waals surface area contributed by atoms with E-state index in [1.54, 1.807) is 25.1 Å². The fourth-order valence-electron chi connectivity index (χ4n) is 2.52. The maximum Gasteiger partial charge on any atom is 0.337 e. The third-order valence-electron chi connectivity index (χ3n) is 3.53. The van der Waals surface area contributed by atoms with Crippen LogP contribution in [-0.4, -0.2) is 25.5 Å². The summed E-state index contributed by atoms with van der Waals surface area (Å²) in [6.45, 7) is 1.63. The molecule has 3 rings (SSSR count). The first kappa shape index (κ1) is 16.0. The summed E-state index contributed by atoms with van der Waals surface area (Å²) in [7, 11) is 1.41. The third-order valence-corrected chi connectivity index (χ3v) is 3.53. The Kier molecular flexibility index (Phi) is 4.44. The van der Waals surface area contributed by atoms with Crippen molar-refractivity contribution in [1.82, 2.24) is 0 Å². The van der Waals surface area contributed by atoms with Crippen LogP contribution in [0.1, 0.15) is 21.5 Å². The summed E-state index contributed by atoms with van der Waals surface area (Å²) in [5.41, 5.74) is 2.05. The second kappa shape index (κ2) is 6.68. The van der Waals surface area contributed by atoms with Crippen molar-refractivity contribution in [3.05, 3.63) is 64.9 Å². The Morgan fingerprint density at radius 1 is 1.21 bits per heavy atom. The first-order chi connectivity index (χ1) is 11.6. The average molecular weight is 324 g/mol. The smallest absolute Gasteiger partial charge is 0.337 e. The van der Waals surface area contributed by atoms with Crippen molar-refractivity contribution in [3.63, 3.8) is 0 Å². The molecule has 122 valence electrons. The predicted octanol–water partition coefficient (Wildman–Crippen LogP) is 3.16. The van der Waals surface area contributed by atoms with Gasteiger partial charge in [-0.3, -0.25) is 4.79 Å². The number of ketones is 1. The number of benzene rings is 2. The lowest BCUT2D eigenvalue weighted by molar-refractivity contribution is -0.138. The number of Topliss-reactive ketones (excluding diaryl/α,β-unsaturated/α-hetero) is 1. The van der Waals surface area contributed by atoms with Crippen molar-refractivity contribution in [3.8, 4) is 11.5 Å². The van der Waals surface area contributed by atoms with Crippen molar-refractivity contribution in [2.24, 2.45) is 0 Å². The number of aryl methyl sites for hydroxylation is 1. The van der Waals surface area contributed by atoms with Crippen LogP contribution < -0.4 is 9.47 Å². The lowest BCUT2D eigenvalue weighted by Gasteiger charge is -2.07. The summed E-state index contributed by atoms with van der Waals surface area (Å²) in [6, 6.07) is 12.6. The largest absolute Gasteiger partial charge is 0.452 e. The highest BCUT2D eigenvalue weighted by Crippen LogP contribution is 2.37. The molecule has 0 saturated carbocycles. The van der Waals surface area contributed by atoms with Gasteiger partial charge in [-0.2, -0.15) is 0 Å². The number of carbonyl (C=O) groups excluding carboxylic acids is 2. The number of hydrogen-bond acceptors (Lipinski definition) is 5. The minimum absolute atomic E-state index is 0.144. The molecule has 1 aliphatic rings. The number of rotatable bonds is 4. The SMILES string of the molecule is COCC(=O)Oc1cc(C)c2c(c1)O/C(=C\c1ccccc1)C2=O. The molecule has 0 saturated heterocycles. The molecule has 0 aromatic heterocycles. The van der Waals surface area contributed by atoms with Crippen molar-refractivity contribution in [1.29, 1.82) is 0 Å². The van der Waals surface area contributed by atoms with E-state index in [1.165, 1.54) is 7.11 Å². The minimum atomic E-state index is -0.513. The lowest BCUT2D eigenvalue weighted by Crippen LogP contribution is -2.14. The Morgan fingerprint density at radius 3 is 2.67 bits per heavy atom. The van der Waals surface area contributed by atoms with E-state index in [9.17, 15) is 9.59 Å². The van der Waals surface area contributed by atoms with E-state index < -0.39 is 5.97 Å². The second-order valence-electron chi connectivity index (χ2n) is 5.37. The molecule has 0 atom stereocenters.